The third kappa shape index (κ3) is 4.24. The maximum absolute atomic E-state index is 12.4. The van der Waals surface area contributed by atoms with Gasteiger partial charge in [-0.3, -0.25) is 9.59 Å². The minimum absolute atomic E-state index is 0.0102. The van der Waals surface area contributed by atoms with Crippen molar-refractivity contribution < 1.29 is 19.4 Å². The zero-order valence-electron chi connectivity index (χ0n) is 14.2. The van der Waals surface area contributed by atoms with Crippen LogP contribution in [0, 0.1) is 5.92 Å². The topological polar surface area (TPSA) is 66.8 Å². The van der Waals surface area contributed by atoms with E-state index in [9.17, 15) is 9.59 Å². The molecule has 0 aromatic heterocycles. The lowest BCUT2D eigenvalue weighted by Crippen LogP contribution is -2.39. The molecule has 1 N–H and O–H groups in total. The predicted octanol–water partition coefficient (Wildman–Crippen LogP) is 2.68. The Hall–Kier alpha value is -2.04. The number of rotatable bonds is 4. The van der Waals surface area contributed by atoms with Gasteiger partial charge in [-0.1, -0.05) is 32.9 Å². The molecule has 2 unspecified atom stereocenters. The summed E-state index contributed by atoms with van der Waals surface area (Å²) in [4.78, 5) is 25.0. The van der Waals surface area contributed by atoms with Crippen LogP contribution in [-0.4, -0.2) is 41.1 Å². The van der Waals surface area contributed by atoms with Crippen molar-refractivity contribution in [2.45, 2.75) is 45.6 Å². The molecule has 2 rings (SSSR count). The molecule has 0 saturated carbocycles. The van der Waals surface area contributed by atoms with Gasteiger partial charge in [-0.05, 0) is 36.5 Å². The van der Waals surface area contributed by atoms with E-state index < -0.39 is 18.0 Å². The number of aliphatic carboxylic acids is 1. The highest BCUT2D eigenvalue weighted by atomic mass is 16.5. The molecule has 0 bridgehead atoms. The van der Waals surface area contributed by atoms with E-state index in [4.69, 9.17) is 9.84 Å². The number of hydrogen-bond acceptors (Lipinski definition) is 3. The second-order valence-corrected chi connectivity index (χ2v) is 7.15. The maximum Gasteiger partial charge on any atom is 0.308 e. The molecule has 1 fully saturated rings. The Balaban J connectivity index is 2.00. The zero-order valence-corrected chi connectivity index (χ0v) is 14.2. The Labute approximate surface area is 137 Å². The number of likely N-dealkylation sites (tertiary alicyclic amines) is 1. The van der Waals surface area contributed by atoms with Crippen molar-refractivity contribution in [1.82, 2.24) is 4.90 Å². The number of benzene rings is 1. The highest BCUT2D eigenvalue weighted by Gasteiger charge is 2.33. The maximum atomic E-state index is 12.4. The van der Waals surface area contributed by atoms with Crippen LogP contribution >= 0.6 is 0 Å². The standard InChI is InChI=1S/C18H25NO4/c1-12(16(20)19-9-8-13(11-19)17(21)22)23-15-7-5-6-14(10-15)18(2,3)4/h5-7,10,12-13H,8-9,11H2,1-4H3,(H,21,22). The van der Waals surface area contributed by atoms with Gasteiger partial charge >= 0.3 is 5.97 Å². The summed E-state index contributed by atoms with van der Waals surface area (Å²) >= 11 is 0. The summed E-state index contributed by atoms with van der Waals surface area (Å²) in [5, 5.41) is 9.02. The molecule has 5 nitrogen and oxygen atoms in total. The normalized spacial score (nSPS) is 19.5. The summed E-state index contributed by atoms with van der Waals surface area (Å²) in [6.45, 7) is 8.82. The van der Waals surface area contributed by atoms with Crippen molar-refractivity contribution in [2.75, 3.05) is 13.1 Å². The van der Waals surface area contributed by atoms with E-state index in [-0.39, 0.29) is 17.9 Å². The fraction of sp³-hybridized carbons (Fsp3) is 0.556. The van der Waals surface area contributed by atoms with Gasteiger partial charge in [-0.15, -0.1) is 0 Å². The van der Waals surface area contributed by atoms with E-state index in [1.165, 1.54) is 0 Å². The first kappa shape index (κ1) is 17.3. The molecule has 1 aromatic rings. The number of hydrogen-bond donors (Lipinski definition) is 1. The highest BCUT2D eigenvalue weighted by molar-refractivity contribution is 5.82. The molecule has 126 valence electrons. The van der Waals surface area contributed by atoms with Crippen LogP contribution in [0.5, 0.6) is 5.75 Å². The smallest absolute Gasteiger partial charge is 0.308 e. The van der Waals surface area contributed by atoms with Crippen molar-refractivity contribution in [2.24, 2.45) is 5.92 Å². The Morgan fingerprint density at radius 3 is 2.61 bits per heavy atom. The lowest BCUT2D eigenvalue weighted by Gasteiger charge is -2.23. The summed E-state index contributed by atoms with van der Waals surface area (Å²) in [5.74, 6) is -0.802. The largest absolute Gasteiger partial charge is 0.481 e. The van der Waals surface area contributed by atoms with Crippen LogP contribution in [0.2, 0.25) is 0 Å². The Morgan fingerprint density at radius 1 is 1.35 bits per heavy atom. The molecule has 2 atom stereocenters. The first-order valence-electron chi connectivity index (χ1n) is 7.97. The number of ether oxygens (including phenoxy) is 1. The van der Waals surface area contributed by atoms with Gasteiger partial charge in [0.2, 0.25) is 0 Å². The molecule has 1 amide bonds. The molecule has 1 aliphatic rings. The van der Waals surface area contributed by atoms with Crippen molar-refractivity contribution in [1.29, 1.82) is 0 Å². The third-order valence-electron chi connectivity index (χ3n) is 4.21. The fourth-order valence-electron chi connectivity index (χ4n) is 2.71. The van der Waals surface area contributed by atoms with Crippen LogP contribution in [0.25, 0.3) is 0 Å². The average molecular weight is 319 g/mol. The molecule has 1 heterocycles. The Bertz CT molecular complexity index is 591. The van der Waals surface area contributed by atoms with Gasteiger partial charge in [-0.25, -0.2) is 0 Å². The number of nitrogens with zero attached hydrogens (tertiary/aromatic N) is 1. The lowest BCUT2D eigenvalue weighted by atomic mass is 9.87. The highest BCUT2D eigenvalue weighted by Crippen LogP contribution is 2.26. The van der Waals surface area contributed by atoms with Crippen LogP contribution in [0.1, 0.15) is 39.7 Å². The molecule has 1 saturated heterocycles. The van der Waals surface area contributed by atoms with E-state index in [0.717, 1.165) is 5.56 Å². The van der Waals surface area contributed by atoms with Gasteiger partial charge in [0, 0.05) is 13.1 Å². The molecule has 5 heteroatoms. The van der Waals surface area contributed by atoms with Gasteiger partial charge in [-0.2, -0.15) is 0 Å². The Morgan fingerprint density at radius 2 is 2.04 bits per heavy atom. The van der Waals surface area contributed by atoms with Gasteiger partial charge in [0.15, 0.2) is 6.10 Å². The van der Waals surface area contributed by atoms with Crippen molar-refractivity contribution in [3.05, 3.63) is 29.8 Å². The second kappa shape index (κ2) is 6.60. The predicted molar refractivity (Wildman–Crippen MR) is 87.6 cm³/mol. The molecule has 0 aliphatic carbocycles. The summed E-state index contributed by atoms with van der Waals surface area (Å²) in [6, 6.07) is 7.75. The first-order chi connectivity index (χ1) is 10.7. The first-order valence-corrected chi connectivity index (χ1v) is 7.97. The van der Waals surface area contributed by atoms with E-state index >= 15 is 0 Å². The third-order valence-corrected chi connectivity index (χ3v) is 4.21. The molecular weight excluding hydrogens is 294 g/mol. The summed E-state index contributed by atoms with van der Waals surface area (Å²) in [5.41, 5.74) is 1.15. The molecule has 0 spiro atoms. The van der Waals surface area contributed by atoms with Gasteiger partial charge in [0.05, 0.1) is 5.92 Å². The summed E-state index contributed by atoms with van der Waals surface area (Å²) in [6.07, 6.45) is -0.120. The van der Waals surface area contributed by atoms with E-state index in [2.05, 4.69) is 20.8 Å². The number of carbonyl (C=O) groups excluding carboxylic acids is 1. The van der Waals surface area contributed by atoms with Crippen LogP contribution in [0.3, 0.4) is 0 Å². The minimum atomic E-state index is -0.841. The minimum Gasteiger partial charge on any atom is -0.481 e. The monoisotopic (exact) mass is 319 g/mol. The molecule has 23 heavy (non-hydrogen) atoms. The van der Waals surface area contributed by atoms with Crippen LogP contribution < -0.4 is 4.74 Å². The number of amides is 1. The van der Waals surface area contributed by atoms with Gasteiger partial charge in [0.25, 0.3) is 5.91 Å². The molecular formula is C18H25NO4. The van der Waals surface area contributed by atoms with Crippen molar-refractivity contribution >= 4 is 11.9 Å². The van der Waals surface area contributed by atoms with Crippen LogP contribution in [0.4, 0.5) is 0 Å². The van der Waals surface area contributed by atoms with Crippen molar-refractivity contribution in [3.8, 4) is 5.75 Å². The van der Waals surface area contributed by atoms with Crippen LogP contribution in [0.15, 0.2) is 24.3 Å². The van der Waals surface area contributed by atoms with Gasteiger partial charge < -0.3 is 14.7 Å². The summed E-state index contributed by atoms with van der Waals surface area (Å²) in [7, 11) is 0. The fourth-order valence-corrected chi connectivity index (χ4v) is 2.71. The molecule has 1 aliphatic heterocycles. The summed E-state index contributed by atoms with van der Waals surface area (Å²) < 4.78 is 5.78. The van der Waals surface area contributed by atoms with E-state index in [1.807, 2.05) is 24.3 Å². The second-order valence-electron chi connectivity index (χ2n) is 7.15. The molecule has 0 radical (unpaired) electrons. The van der Waals surface area contributed by atoms with Crippen molar-refractivity contribution in [3.63, 3.8) is 0 Å². The van der Waals surface area contributed by atoms with E-state index in [1.54, 1.807) is 11.8 Å². The van der Waals surface area contributed by atoms with Crippen LogP contribution in [-0.2, 0) is 15.0 Å². The molecule has 1 aromatic carbocycles. The number of carboxylic acids is 1. The SMILES string of the molecule is CC(Oc1cccc(C(C)(C)C)c1)C(=O)N1CCC(C(=O)O)C1. The number of carbonyl (C=O) groups is 2. The number of carboxylic acid groups (broad SMARTS) is 1. The quantitative estimate of drug-likeness (QED) is 0.926. The van der Waals surface area contributed by atoms with E-state index in [0.29, 0.717) is 18.7 Å². The van der Waals surface area contributed by atoms with Gasteiger partial charge in [0.1, 0.15) is 5.75 Å². The Kier molecular flexibility index (Phi) is 4.97. The lowest BCUT2D eigenvalue weighted by molar-refractivity contribution is -0.142. The average Bonchev–Trinajstić information content (AvgIpc) is 2.95. The zero-order chi connectivity index (χ0) is 17.2.